The first-order chi connectivity index (χ1) is 14.0. The van der Waals surface area contributed by atoms with Crippen molar-refractivity contribution in [3.8, 4) is 5.69 Å². The maximum absolute atomic E-state index is 13.7. The zero-order valence-corrected chi connectivity index (χ0v) is 15.8. The van der Waals surface area contributed by atoms with Gasteiger partial charge >= 0.3 is 0 Å². The topological polar surface area (TPSA) is 68.1 Å². The van der Waals surface area contributed by atoms with E-state index in [1.54, 1.807) is 43.3 Å². The first-order valence-corrected chi connectivity index (χ1v) is 9.12. The first kappa shape index (κ1) is 17.5. The number of hydrogen-bond donors (Lipinski definition) is 0. The van der Waals surface area contributed by atoms with Crippen molar-refractivity contribution in [2.24, 2.45) is 0 Å². The number of aromatic nitrogens is 3. The molecular weight excluding hydrogens is 395 g/mol. The number of imide groups is 1. The van der Waals surface area contributed by atoms with Gasteiger partial charge in [-0.25, -0.2) is 19.0 Å². The number of rotatable bonds is 2. The lowest BCUT2D eigenvalue weighted by Gasteiger charge is -2.13. The molecule has 0 fully saturated rings. The Labute approximate surface area is 169 Å². The maximum atomic E-state index is 13.7. The van der Waals surface area contributed by atoms with Crippen LogP contribution in [0, 0.1) is 12.7 Å². The van der Waals surface area contributed by atoms with Gasteiger partial charge in [-0.3, -0.25) is 9.59 Å². The summed E-state index contributed by atoms with van der Waals surface area (Å²) in [5.41, 5.74) is 2.25. The van der Waals surface area contributed by atoms with Crippen LogP contribution < -0.4 is 4.90 Å². The minimum atomic E-state index is -0.459. The smallest absolute Gasteiger partial charge is 0.267 e. The number of carbonyl (C=O) groups excluding carboxylic acids is 2. The standard InChI is InChI=1S/C21H12ClFN4O2/c1-11-17-18-16(20(28)26(21(18)29)14-7-5-12(22)6-8-14)10-24-19(17)27(25-11)15-4-2-3-13(23)9-15/h2-10H,1H3. The van der Waals surface area contributed by atoms with E-state index in [2.05, 4.69) is 10.1 Å². The second-order valence-electron chi connectivity index (χ2n) is 6.64. The number of aryl methyl sites for hydroxylation is 1. The Morgan fingerprint density at radius 3 is 2.48 bits per heavy atom. The fourth-order valence-corrected chi connectivity index (χ4v) is 3.70. The van der Waals surface area contributed by atoms with Gasteiger partial charge in [-0.2, -0.15) is 5.10 Å². The third kappa shape index (κ3) is 2.55. The van der Waals surface area contributed by atoms with Crippen LogP contribution in [0.25, 0.3) is 16.7 Å². The van der Waals surface area contributed by atoms with Gasteiger partial charge in [0.25, 0.3) is 11.8 Å². The van der Waals surface area contributed by atoms with Gasteiger partial charge in [0, 0.05) is 11.2 Å². The minimum absolute atomic E-state index is 0.208. The van der Waals surface area contributed by atoms with Gasteiger partial charge in [0.2, 0.25) is 0 Å². The lowest BCUT2D eigenvalue weighted by Crippen LogP contribution is -2.29. The minimum Gasteiger partial charge on any atom is -0.268 e. The first-order valence-electron chi connectivity index (χ1n) is 8.74. The molecule has 0 saturated heterocycles. The van der Waals surface area contributed by atoms with E-state index in [0.717, 1.165) is 4.90 Å². The molecule has 8 heteroatoms. The average Bonchev–Trinajstić information content (AvgIpc) is 3.17. The number of fused-ring (bicyclic) bond motifs is 3. The predicted molar refractivity (Wildman–Crippen MR) is 106 cm³/mol. The van der Waals surface area contributed by atoms with Gasteiger partial charge in [0.1, 0.15) is 5.82 Å². The molecule has 2 aromatic carbocycles. The Morgan fingerprint density at radius 2 is 1.76 bits per heavy atom. The highest BCUT2D eigenvalue weighted by atomic mass is 35.5. The van der Waals surface area contributed by atoms with E-state index in [4.69, 9.17) is 11.6 Å². The Hall–Kier alpha value is -3.58. The summed E-state index contributed by atoms with van der Waals surface area (Å²) in [6, 6.07) is 12.4. The number of anilines is 1. The van der Waals surface area contributed by atoms with E-state index in [1.807, 2.05) is 0 Å². The SMILES string of the molecule is Cc1nn(-c2cccc(F)c2)c2ncc3c(c12)C(=O)N(c1ccc(Cl)cc1)C3=O. The van der Waals surface area contributed by atoms with Crippen molar-refractivity contribution in [3.63, 3.8) is 0 Å². The van der Waals surface area contributed by atoms with Crippen molar-refractivity contribution in [3.05, 3.63) is 82.4 Å². The summed E-state index contributed by atoms with van der Waals surface area (Å²) in [5, 5.41) is 5.41. The van der Waals surface area contributed by atoms with Crippen molar-refractivity contribution in [1.82, 2.24) is 14.8 Å². The molecular formula is C21H12ClFN4O2. The summed E-state index contributed by atoms with van der Waals surface area (Å²) in [6.07, 6.45) is 1.37. The van der Waals surface area contributed by atoms with E-state index < -0.39 is 17.6 Å². The number of pyridine rings is 1. The Bertz CT molecular complexity index is 1330. The molecule has 2 amide bonds. The number of carbonyl (C=O) groups is 2. The fourth-order valence-electron chi connectivity index (χ4n) is 3.57. The average molecular weight is 407 g/mol. The molecule has 0 atom stereocenters. The number of amides is 2. The molecule has 0 spiro atoms. The predicted octanol–water partition coefficient (Wildman–Crippen LogP) is 4.32. The second kappa shape index (κ2) is 6.22. The normalized spacial score (nSPS) is 13.4. The van der Waals surface area contributed by atoms with Crippen LogP contribution in [-0.4, -0.2) is 26.6 Å². The lowest BCUT2D eigenvalue weighted by atomic mass is 10.1. The van der Waals surface area contributed by atoms with Gasteiger partial charge in [0.15, 0.2) is 5.65 Å². The van der Waals surface area contributed by atoms with Gasteiger partial charge in [0.05, 0.1) is 33.6 Å². The monoisotopic (exact) mass is 406 g/mol. The largest absolute Gasteiger partial charge is 0.268 e. The molecule has 29 heavy (non-hydrogen) atoms. The number of halogens is 2. The second-order valence-corrected chi connectivity index (χ2v) is 7.08. The van der Waals surface area contributed by atoms with Crippen LogP contribution in [0.4, 0.5) is 10.1 Å². The molecule has 1 aliphatic heterocycles. The van der Waals surface area contributed by atoms with E-state index in [-0.39, 0.29) is 11.1 Å². The quantitative estimate of drug-likeness (QED) is 0.465. The molecule has 4 aromatic rings. The van der Waals surface area contributed by atoms with Crippen molar-refractivity contribution < 1.29 is 14.0 Å². The van der Waals surface area contributed by atoms with Gasteiger partial charge in [-0.05, 0) is 49.4 Å². The molecule has 142 valence electrons. The van der Waals surface area contributed by atoms with Crippen LogP contribution in [0.5, 0.6) is 0 Å². The van der Waals surface area contributed by atoms with Crippen LogP contribution in [0.3, 0.4) is 0 Å². The summed E-state index contributed by atoms with van der Waals surface area (Å²) < 4.78 is 15.2. The Kier molecular flexibility index (Phi) is 3.75. The summed E-state index contributed by atoms with van der Waals surface area (Å²) in [7, 11) is 0. The van der Waals surface area contributed by atoms with Crippen LogP contribution in [0.2, 0.25) is 5.02 Å². The van der Waals surface area contributed by atoms with Gasteiger partial charge in [-0.15, -0.1) is 0 Å². The molecule has 0 N–H and O–H groups in total. The third-order valence-electron chi connectivity index (χ3n) is 4.86. The Morgan fingerprint density at radius 1 is 1.00 bits per heavy atom. The van der Waals surface area contributed by atoms with E-state index in [9.17, 15) is 14.0 Å². The number of benzene rings is 2. The van der Waals surface area contributed by atoms with Crippen molar-refractivity contribution in [2.45, 2.75) is 6.92 Å². The van der Waals surface area contributed by atoms with Crippen molar-refractivity contribution in [1.29, 1.82) is 0 Å². The summed E-state index contributed by atoms with van der Waals surface area (Å²) in [5.74, 6) is -1.33. The van der Waals surface area contributed by atoms with E-state index in [0.29, 0.717) is 33.1 Å². The molecule has 5 rings (SSSR count). The van der Waals surface area contributed by atoms with Gasteiger partial charge < -0.3 is 0 Å². The summed E-state index contributed by atoms with van der Waals surface area (Å²) in [6.45, 7) is 1.72. The number of hydrogen-bond acceptors (Lipinski definition) is 4. The molecule has 3 heterocycles. The summed E-state index contributed by atoms with van der Waals surface area (Å²) in [4.78, 5) is 31.6. The highest BCUT2D eigenvalue weighted by molar-refractivity contribution is 6.37. The maximum Gasteiger partial charge on any atom is 0.267 e. The molecule has 6 nitrogen and oxygen atoms in total. The fraction of sp³-hybridized carbons (Fsp3) is 0.0476. The van der Waals surface area contributed by atoms with Gasteiger partial charge in [-0.1, -0.05) is 17.7 Å². The molecule has 2 aromatic heterocycles. The third-order valence-corrected chi connectivity index (χ3v) is 5.11. The van der Waals surface area contributed by atoms with Crippen LogP contribution in [-0.2, 0) is 0 Å². The Balaban J connectivity index is 1.72. The molecule has 0 unspecified atom stereocenters. The van der Waals surface area contributed by atoms with Crippen LogP contribution >= 0.6 is 11.6 Å². The molecule has 0 bridgehead atoms. The van der Waals surface area contributed by atoms with E-state index >= 15 is 0 Å². The highest BCUT2D eigenvalue weighted by Gasteiger charge is 2.40. The van der Waals surface area contributed by atoms with Crippen LogP contribution in [0.15, 0.2) is 54.7 Å². The van der Waals surface area contributed by atoms with Crippen molar-refractivity contribution >= 4 is 40.1 Å². The van der Waals surface area contributed by atoms with E-state index in [1.165, 1.54) is 23.0 Å². The molecule has 1 aliphatic rings. The zero-order valence-electron chi connectivity index (χ0n) is 15.1. The number of nitrogens with zero attached hydrogens (tertiary/aromatic N) is 4. The molecule has 0 aliphatic carbocycles. The lowest BCUT2D eigenvalue weighted by molar-refractivity contribution is 0.0926. The summed E-state index contributed by atoms with van der Waals surface area (Å²) >= 11 is 5.92. The van der Waals surface area contributed by atoms with Crippen LogP contribution in [0.1, 0.15) is 26.4 Å². The zero-order chi connectivity index (χ0) is 20.3. The molecule has 0 saturated carbocycles. The molecule has 0 radical (unpaired) electrons. The van der Waals surface area contributed by atoms with Crippen molar-refractivity contribution in [2.75, 3.05) is 4.90 Å². The highest BCUT2D eigenvalue weighted by Crippen LogP contribution is 2.34.